The first-order valence-corrected chi connectivity index (χ1v) is 6.00. The number of aliphatic hydroxyl groups is 1. The Morgan fingerprint density at radius 3 is 3.00 bits per heavy atom. The number of amides is 1. The molecule has 1 aromatic heterocycles. The van der Waals surface area contributed by atoms with Crippen LogP contribution in [0.1, 0.15) is 32.6 Å². The number of rotatable bonds is 8. The van der Waals surface area contributed by atoms with Crippen LogP contribution in [-0.4, -0.2) is 38.7 Å². The molecule has 1 heterocycles. The monoisotopic (exact) mass is 240 g/mol. The molecule has 1 amide bonds. The topological polar surface area (TPSA) is 80.0 Å². The second-order valence-corrected chi connectivity index (χ2v) is 3.95. The third-order valence-corrected chi connectivity index (χ3v) is 2.60. The molecule has 0 aromatic carbocycles. The summed E-state index contributed by atoms with van der Waals surface area (Å²) in [5.41, 5.74) is 0. The molecule has 1 aromatic rings. The van der Waals surface area contributed by atoms with Gasteiger partial charge in [0.1, 0.15) is 0 Å². The summed E-state index contributed by atoms with van der Waals surface area (Å²) in [5, 5.41) is 19.2. The van der Waals surface area contributed by atoms with Gasteiger partial charge in [0.15, 0.2) is 0 Å². The molecule has 6 nitrogen and oxygen atoms in total. The van der Waals surface area contributed by atoms with Gasteiger partial charge in [-0.3, -0.25) is 9.48 Å². The van der Waals surface area contributed by atoms with Crippen molar-refractivity contribution in [3.05, 3.63) is 12.4 Å². The van der Waals surface area contributed by atoms with E-state index in [-0.39, 0.29) is 18.6 Å². The van der Waals surface area contributed by atoms with E-state index >= 15 is 0 Å². The second-order valence-electron chi connectivity index (χ2n) is 3.95. The molecule has 1 rings (SSSR count). The van der Waals surface area contributed by atoms with Gasteiger partial charge in [-0.1, -0.05) is 12.1 Å². The number of nitrogens with zero attached hydrogens (tertiary/aromatic N) is 3. The molecular weight excluding hydrogens is 220 g/mol. The fraction of sp³-hybridized carbons (Fsp3) is 0.727. The zero-order valence-electron chi connectivity index (χ0n) is 10.2. The summed E-state index contributed by atoms with van der Waals surface area (Å²) in [7, 11) is 0. The average molecular weight is 240 g/mol. The Morgan fingerprint density at radius 1 is 1.59 bits per heavy atom. The first kappa shape index (κ1) is 13.6. The molecule has 2 N–H and O–H groups in total. The van der Waals surface area contributed by atoms with E-state index in [1.54, 1.807) is 17.1 Å². The highest BCUT2D eigenvalue weighted by Gasteiger charge is 2.09. The van der Waals surface area contributed by atoms with Crippen molar-refractivity contribution < 1.29 is 9.90 Å². The van der Waals surface area contributed by atoms with Gasteiger partial charge in [0, 0.05) is 31.8 Å². The van der Waals surface area contributed by atoms with Crippen LogP contribution in [0.5, 0.6) is 0 Å². The summed E-state index contributed by atoms with van der Waals surface area (Å²) in [6.07, 6.45) is 6.07. The maximum Gasteiger partial charge on any atom is 0.220 e. The first-order valence-electron chi connectivity index (χ1n) is 6.00. The van der Waals surface area contributed by atoms with E-state index in [1.165, 1.54) is 0 Å². The molecule has 96 valence electrons. The molecule has 0 saturated carbocycles. The van der Waals surface area contributed by atoms with Crippen molar-refractivity contribution >= 4 is 5.91 Å². The smallest absolute Gasteiger partial charge is 0.220 e. The number of aliphatic hydroxyl groups excluding tert-OH is 1. The van der Waals surface area contributed by atoms with Crippen molar-refractivity contribution in [2.24, 2.45) is 0 Å². The van der Waals surface area contributed by atoms with Crippen LogP contribution >= 0.6 is 0 Å². The number of hydrogen-bond acceptors (Lipinski definition) is 4. The molecule has 0 radical (unpaired) electrons. The van der Waals surface area contributed by atoms with E-state index in [1.807, 2.05) is 6.92 Å². The summed E-state index contributed by atoms with van der Waals surface area (Å²) in [6.45, 7) is 2.80. The number of carbonyl (C=O) groups is 1. The van der Waals surface area contributed by atoms with E-state index in [2.05, 4.69) is 15.6 Å². The molecule has 0 aliphatic carbocycles. The van der Waals surface area contributed by atoms with Crippen molar-refractivity contribution in [3.63, 3.8) is 0 Å². The molecule has 0 spiro atoms. The van der Waals surface area contributed by atoms with Crippen molar-refractivity contribution in [2.45, 2.75) is 45.2 Å². The Bertz CT molecular complexity index is 313. The largest absolute Gasteiger partial charge is 0.396 e. The zero-order valence-corrected chi connectivity index (χ0v) is 10.2. The van der Waals surface area contributed by atoms with Gasteiger partial charge >= 0.3 is 0 Å². The standard InChI is InChI=1S/C11H20N4O2/c1-2-10(5-9-16)13-11(17)4-3-7-15-8-6-12-14-15/h6,8,10,16H,2-5,7,9H2,1H3,(H,13,17). The zero-order chi connectivity index (χ0) is 12.5. The fourth-order valence-electron chi connectivity index (χ4n) is 1.59. The molecule has 6 heteroatoms. The number of hydrogen-bond donors (Lipinski definition) is 2. The highest BCUT2D eigenvalue weighted by Crippen LogP contribution is 1.99. The number of nitrogens with one attached hydrogen (secondary N) is 1. The van der Waals surface area contributed by atoms with Gasteiger partial charge in [-0.25, -0.2) is 0 Å². The van der Waals surface area contributed by atoms with Crippen LogP contribution in [-0.2, 0) is 11.3 Å². The molecule has 0 fully saturated rings. The fourth-order valence-corrected chi connectivity index (χ4v) is 1.59. The maximum absolute atomic E-state index is 11.6. The SMILES string of the molecule is CCC(CCO)NC(=O)CCCn1ccnn1. The van der Waals surface area contributed by atoms with E-state index < -0.39 is 0 Å². The molecule has 17 heavy (non-hydrogen) atoms. The van der Waals surface area contributed by atoms with Crippen LogP contribution in [0.2, 0.25) is 0 Å². The van der Waals surface area contributed by atoms with Crippen LogP contribution in [0.25, 0.3) is 0 Å². The summed E-state index contributed by atoms with van der Waals surface area (Å²) >= 11 is 0. The summed E-state index contributed by atoms with van der Waals surface area (Å²) in [6, 6.07) is 0.0823. The number of aryl methyl sites for hydroxylation is 1. The number of carbonyl (C=O) groups excluding carboxylic acids is 1. The molecular formula is C11H20N4O2. The molecule has 1 atom stereocenters. The third kappa shape index (κ3) is 5.44. The van der Waals surface area contributed by atoms with Gasteiger partial charge in [0.2, 0.25) is 5.91 Å². The lowest BCUT2D eigenvalue weighted by Crippen LogP contribution is -2.35. The van der Waals surface area contributed by atoms with Crippen LogP contribution in [0.4, 0.5) is 0 Å². The average Bonchev–Trinajstić information content (AvgIpc) is 2.81. The highest BCUT2D eigenvalue weighted by molar-refractivity contribution is 5.76. The second kappa shape index (κ2) is 7.78. The lowest BCUT2D eigenvalue weighted by atomic mass is 10.1. The van der Waals surface area contributed by atoms with Crippen molar-refractivity contribution in [2.75, 3.05) is 6.61 Å². The molecule has 0 aliphatic rings. The first-order chi connectivity index (χ1) is 8.26. The van der Waals surface area contributed by atoms with Gasteiger partial charge < -0.3 is 10.4 Å². The van der Waals surface area contributed by atoms with E-state index in [9.17, 15) is 4.79 Å². The van der Waals surface area contributed by atoms with Gasteiger partial charge in [-0.05, 0) is 19.3 Å². The highest BCUT2D eigenvalue weighted by atomic mass is 16.3. The van der Waals surface area contributed by atoms with Crippen LogP contribution in [0.3, 0.4) is 0 Å². The Balaban J connectivity index is 2.16. The van der Waals surface area contributed by atoms with Crippen LogP contribution in [0.15, 0.2) is 12.4 Å². The number of aromatic nitrogens is 3. The lowest BCUT2D eigenvalue weighted by molar-refractivity contribution is -0.122. The van der Waals surface area contributed by atoms with Crippen molar-refractivity contribution in [3.8, 4) is 0 Å². The van der Waals surface area contributed by atoms with Crippen LogP contribution in [0, 0.1) is 0 Å². The maximum atomic E-state index is 11.6. The lowest BCUT2D eigenvalue weighted by Gasteiger charge is -2.15. The van der Waals surface area contributed by atoms with Gasteiger partial charge in [0.25, 0.3) is 0 Å². The molecule has 0 saturated heterocycles. The summed E-state index contributed by atoms with van der Waals surface area (Å²) < 4.78 is 1.71. The Labute approximate surface area is 101 Å². The Morgan fingerprint density at radius 2 is 2.41 bits per heavy atom. The van der Waals surface area contributed by atoms with E-state index in [0.29, 0.717) is 19.4 Å². The minimum atomic E-state index is 0.0328. The summed E-state index contributed by atoms with van der Waals surface area (Å²) in [4.78, 5) is 11.6. The Kier molecular flexibility index (Phi) is 6.24. The quantitative estimate of drug-likeness (QED) is 0.686. The molecule has 1 unspecified atom stereocenters. The Hall–Kier alpha value is -1.43. The van der Waals surface area contributed by atoms with Crippen molar-refractivity contribution in [1.82, 2.24) is 20.3 Å². The van der Waals surface area contributed by atoms with Crippen molar-refractivity contribution in [1.29, 1.82) is 0 Å². The van der Waals surface area contributed by atoms with E-state index in [4.69, 9.17) is 5.11 Å². The summed E-state index contributed by atoms with van der Waals surface area (Å²) in [5.74, 6) is 0.0328. The minimum Gasteiger partial charge on any atom is -0.396 e. The third-order valence-electron chi connectivity index (χ3n) is 2.60. The van der Waals surface area contributed by atoms with Gasteiger partial charge in [-0.2, -0.15) is 0 Å². The van der Waals surface area contributed by atoms with Gasteiger partial charge in [-0.15, -0.1) is 5.10 Å². The van der Waals surface area contributed by atoms with E-state index in [0.717, 1.165) is 12.8 Å². The minimum absolute atomic E-state index is 0.0328. The molecule has 0 aliphatic heterocycles. The predicted molar refractivity (Wildman–Crippen MR) is 63.2 cm³/mol. The van der Waals surface area contributed by atoms with Crippen LogP contribution < -0.4 is 5.32 Å². The predicted octanol–water partition coefficient (Wildman–Crippen LogP) is 0.335. The van der Waals surface area contributed by atoms with Gasteiger partial charge in [0.05, 0.1) is 6.20 Å². The molecule has 0 bridgehead atoms. The normalized spacial score (nSPS) is 12.4.